The van der Waals surface area contributed by atoms with Crippen molar-refractivity contribution < 1.29 is 0 Å². The molecule has 0 aliphatic carbocycles. The molecule has 0 saturated heterocycles. The highest BCUT2D eigenvalue weighted by Crippen LogP contribution is 2.24. The first-order valence-electron chi connectivity index (χ1n) is 5.12. The second kappa shape index (κ2) is 6.67. The van der Waals surface area contributed by atoms with E-state index in [4.69, 9.17) is 16.9 Å². The molecule has 16 heavy (non-hydrogen) atoms. The van der Waals surface area contributed by atoms with E-state index in [0.717, 1.165) is 17.9 Å². The van der Waals surface area contributed by atoms with Crippen molar-refractivity contribution in [2.24, 2.45) is 0 Å². The van der Waals surface area contributed by atoms with Gasteiger partial charge in [-0.3, -0.25) is 0 Å². The van der Waals surface area contributed by atoms with Crippen molar-refractivity contribution in [1.82, 2.24) is 0 Å². The van der Waals surface area contributed by atoms with Crippen molar-refractivity contribution >= 4 is 29.1 Å². The van der Waals surface area contributed by atoms with Gasteiger partial charge in [0, 0.05) is 6.04 Å². The summed E-state index contributed by atoms with van der Waals surface area (Å²) in [6.07, 6.45) is 3.19. The number of halogens is 1. The van der Waals surface area contributed by atoms with E-state index in [2.05, 4.69) is 24.6 Å². The summed E-state index contributed by atoms with van der Waals surface area (Å²) >= 11 is 7.90. The van der Waals surface area contributed by atoms with Crippen LogP contribution in [0, 0.1) is 11.3 Å². The third kappa shape index (κ3) is 3.96. The Bertz CT molecular complexity index is 387. The van der Waals surface area contributed by atoms with E-state index in [9.17, 15) is 0 Å². The van der Waals surface area contributed by atoms with E-state index < -0.39 is 0 Å². The van der Waals surface area contributed by atoms with Crippen LogP contribution in [0.25, 0.3) is 0 Å². The number of hydrogen-bond acceptors (Lipinski definition) is 3. The zero-order valence-electron chi connectivity index (χ0n) is 9.46. The normalized spacial score (nSPS) is 11.9. The Balaban J connectivity index is 2.64. The van der Waals surface area contributed by atoms with Crippen LogP contribution in [0.2, 0.25) is 5.02 Å². The minimum absolute atomic E-state index is 0.387. The first-order valence-corrected chi connectivity index (χ1v) is 6.89. The zero-order chi connectivity index (χ0) is 12.0. The molecular weight excluding hydrogens is 240 g/mol. The molecule has 0 heterocycles. The number of nitrogens with one attached hydrogen (secondary N) is 1. The molecule has 0 fully saturated rings. The van der Waals surface area contributed by atoms with Gasteiger partial charge in [-0.05, 0) is 43.6 Å². The first kappa shape index (κ1) is 13.2. The van der Waals surface area contributed by atoms with Gasteiger partial charge in [-0.1, -0.05) is 11.6 Å². The van der Waals surface area contributed by atoms with Crippen LogP contribution in [-0.4, -0.2) is 18.1 Å². The summed E-state index contributed by atoms with van der Waals surface area (Å²) < 4.78 is 0. The van der Waals surface area contributed by atoms with E-state index in [1.54, 1.807) is 12.1 Å². The van der Waals surface area contributed by atoms with E-state index in [0.29, 0.717) is 16.6 Å². The standard InChI is InChI=1S/C12H15ClN2S/c1-9(5-6-16-2)15-12-4-3-10(8-14)7-11(12)13/h3-4,7,9,15H,5-6H2,1-2H3. The maximum Gasteiger partial charge on any atom is 0.0992 e. The molecule has 0 aliphatic rings. The van der Waals surface area contributed by atoms with Crippen molar-refractivity contribution in [3.8, 4) is 6.07 Å². The van der Waals surface area contributed by atoms with Gasteiger partial charge in [0.05, 0.1) is 22.3 Å². The molecule has 0 aromatic heterocycles. The Labute approximate surface area is 106 Å². The third-order valence-corrected chi connectivity index (χ3v) is 3.21. The molecule has 1 aromatic carbocycles. The first-order chi connectivity index (χ1) is 7.67. The van der Waals surface area contributed by atoms with Crippen molar-refractivity contribution in [2.45, 2.75) is 19.4 Å². The van der Waals surface area contributed by atoms with Crippen LogP contribution in [0.3, 0.4) is 0 Å². The SMILES string of the molecule is CSCCC(C)Nc1ccc(C#N)cc1Cl. The number of anilines is 1. The summed E-state index contributed by atoms with van der Waals surface area (Å²) in [5, 5.41) is 12.7. The second-order valence-electron chi connectivity index (χ2n) is 3.63. The zero-order valence-corrected chi connectivity index (χ0v) is 11.0. The fourth-order valence-corrected chi connectivity index (χ4v) is 2.16. The average molecular weight is 255 g/mol. The van der Waals surface area contributed by atoms with Crippen molar-refractivity contribution in [1.29, 1.82) is 5.26 Å². The van der Waals surface area contributed by atoms with Crippen LogP contribution in [0.4, 0.5) is 5.69 Å². The van der Waals surface area contributed by atoms with Crippen LogP contribution >= 0.6 is 23.4 Å². The van der Waals surface area contributed by atoms with Crippen LogP contribution in [0.15, 0.2) is 18.2 Å². The van der Waals surface area contributed by atoms with Gasteiger partial charge in [-0.2, -0.15) is 17.0 Å². The van der Waals surface area contributed by atoms with Crippen LogP contribution in [0.5, 0.6) is 0 Å². The summed E-state index contributed by atoms with van der Waals surface area (Å²) in [6, 6.07) is 7.77. The summed E-state index contributed by atoms with van der Waals surface area (Å²) in [6.45, 7) is 2.13. The number of hydrogen-bond donors (Lipinski definition) is 1. The molecule has 0 amide bonds. The van der Waals surface area contributed by atoms with E-state index in [-0.39, 0.29) is 0 Å². The summed E-state index contributed by atoms with van der Waals surface area (Å²) in [4.78, 5) is 0. The smallest absolute Gasteiger partial charge is 0.0992 e. The number of benzene rings is 1. The molecule has 1 unspecified atom stereocenters. The lowest BCUT2D eigenvalue weighted by Crippen LogP contribution is -2.16. The van der Waals surface area contributed by atoms with Gasteiger partial charge in [0.25, 0.3) is 0 Å². The predicted octanol–water partition coefficient (Wildman–Crippen LogP) is 3.77. The molecule has 1 aromatic rings. The Kier molecular flexibility index (Phi) is 5.51. The fraction of sp³-hybridized carbons (Fsp3) is 0.417. The van der Waals surface area contributed by atoms with Crippen LogP contribution < -0.4 is 5.32 Å². The number of rotatable bonds is 5. The molecule has 1 atom stereocenters. The maximum absolute atomic E-state index is 8.72. The van der Waals surface area contributed by atoms with Gasteiger partial charge in [0.15, 0.2) is 0 Å². The molecule has 1 rings (SSSR count). The van der Waals surface area contributed by atoms with Gasteiger partial charge >= 0.3 is 0 Å². The lowest BCUT2D eigenvalue weighted by atomic mass is 10.2. The van der Waals surface area contributed by atoms with Gasteiger partial charge in [-0.15, -0.1) is 0 Å². The minimum atomic E-state index is 0.387. The van der Waals surface area contributed by atoms with Gasteiger partial charge < -0.3 is 5.32 Å². The fourth-order valence-electron chi connectivity index (χ4n) is 1.33. The Morgan fingerprint density at radius 3 is 2.88 bits per heavy atom. The third-order valence-electron chi connectivity index (χ3n) is 2.26. The lowest BCUT2D eigenvalue weighted by Gasteiger charge is -2.15. The molecule has 0 aliphatic heterocycles. The highest BCUT2D eigenvalue weighted by atomic mass is 35.5. The monoisotopic (exact) mass is 254 g/mol. The highest BCUT2D eigenvalue weighted by Gasteiger charge is 2.05. The van der Waals surface area contributed by atoms with Crippen molar-refractivity contribution in [2.75, 3.05) is 17.3 Å². The summed E-state index contributed by atoms with van der Waals surface area (Å²) in [5.41, 5.74) is 1.49. The highest BCUT2D eigenvalue weighted by molar-refractivity contribution is 7.98. The minimum Gasteiger partial charge on any atom is -0.381 e. The lowest BCUT2D eigenvalue weighted by molar-refractivity contribution is 0.772. The number of nitrogens with zero attached hydrogens (tertiary/aromatic N) is 1. The van der Waals surface area contributed by atoms with E-state index in [1.807, 2.05) is 17.8 Å². The molecule has 0 radical (unpaired) electrons. The predicted molar refractivity (Wildman–Crippen MR) is 72.3 cm³/mol. The molecule has 86 valence electrons. The van der Waals surface area contributed by atoms with Crippen LogP contribution in [-0.2, 0) is 0 Å². The molecule has 2 nitrogen and oxygen atoms in total. The topological polar surface area (TPSA) is 35.8 Å². The second-order valence-corrected chi connectivity index (χ2v) is 5.03. The maximum atomic E-state index is 8.72. The Morgan fingerprint density at radius 2 is 2.31 bits per heavy atom. The molecule has 0 bridgehead atoms. The number of nitriles is 1. The molecule has 0 spiro atoms. The number of thioether (sulfide) groups is 1. The average Bonchev–Trinajstić information content (AvgIpc) is 2.29. The summed E-state index contributed by atoms with van der Waals surface area (Å²) in [5.74, 6) is 1.13. The van der Waals surface area contributed by atoms with E-state index in [1.165, 1.54) is 0 Å². The Morgan fingerprint density at radius 1 is 1.56 bits per heavy atom. The van der Waals surface area contributed by atoms with Crippen LogP contribution in [0.1, 0.15) is 18.9 Å². The molecule has 0 saturated carbocycles. The molecule has 1 N–H and O–H groups in total. The largest absolute Gasteiger partial charge is 0.381 e. The van der Waals surface area contributed by atoms with Crippen molar-refractivity contribution in [3.63, 3.8) is 0 Å². The van der Waals surface area contributed by atoms with Crippen molar-refractivity contribution in [3.05, 3.63) is 28.8 Å². The quantitative estimate of drug-likeness (QED) is 0.869. The van der Waals surface area contributed by atoms with E-state index >= 15 is 0 Å². The van der Waals surface area contributed by atoms with Gasteiger partial charge in [-0.25, -0.2) is 0 Å². The summed E-state index contributed by atoms with van der Waals surface area (Å²) in [7, 11) is 0. The van der Waals surface area contributed by atoms with Gasteiger partial charge in [0.2, 0.25) is 0 Å². The molecular formula is C12H15ClN2S. The Hall–Kier alpha value is -0.850. The van der Waals surface area contributed by atoms with Gasteiger partial charge in [0.1, 0.15) is 0 Å². The molecule has 4 heteroatoms.